The van der Waals surface area contributed by atoms with Gasteiger partial charge in [0, 0.05) is 12.7 Å². The van der Waals surface area contributed by atoms with Gasteiger partial charge in [-0.05, 0) is 24.1 Å². The fraction of sp³-hybridized carbons (Fsp3) is 0.400. The van der Waals surface area contributed by atoms with Gasteiger partial charge in [-0.25, -0.2) is 8.42 Å². The third-order valence-electron chi connectivity index (χ3n) is 2.96. The Morgan fingerprint density at radius 2 is 2.08 bits per heavy atom. The average molecular weight is 417 g/mol. The quantitative estimate of drug-likeness (QED) is 0.636. The lowest BCUT2D eigenvalue weighted by Gasteiger charge is -2.11. The number of nitrogens with one attached hydrogen (secondary N) is 2. The molecule has 1 amide bonds. The zero-order chi connectivity index (χ0) is 19.3. The van der Waals surface area contributed by atoms with Crippen molar-refractivity contribution < 1.29 is 17.9 Å². The van der Waals surface area contributed by atoms with Crippen molar-refractivity contribution >= 4 is 49.8 Å². The van der Waals surface area contributed by atoms with Crippen molar-refractivity contribution in [2.45, 2.75) is 30.0 Å². The number of anilines is 2. The SMILES string of the molecule is COc1ccc(S(=O)(=O)Nc2nnc(SCC(C)C)s2)cc1NC(C)=O. The highest BCUT2D eigenvalue weighted by Gasteiger charge is 2.19. The molecule has 0 bridgehead atoms. The molecule has 0 unspecified atom stereocenters. The first-order valence-corrected chi connectivity index (χ1v) is 10.9. The molecule has 1 aromatic carbocycles. The number of carbonyl (C=O) groups excluding carboxylic acids is 1. The molecule has 11 heteroatoms. The molecule has 0 aliphatic carbocycles. The molecule has 2 N–H and O–H groups in total. The number of sulfonamides is 1. The Morgan fingerprint density at radius 1 is 1.35 bits per heavy atom. The van der Waals surface area contributed by atoms with Gasteiger partial charge in [-0.15, -0.1) is 10.2 Å². The highest BCUT2D eigenvalue weighted by molar-refractivity contribution is 8.01. The van der Waals surface area contributed by atoms with Gasteiger partial charge < -0.3 is 10.1 Å². The topological polar surface area (TPSA) is 110 Å². The Balaban J connectivity index is 2.20. The van der Waals surface area contributed by atoms with E-state index in [-0.39, 0.29) is 21.6 Å². The normalized spacial score (nSPS) is 11.4. The number of amides is 1. The van der Waals surface area contributed by atoms with Gasteiger partial charge in [-0.1, -0.05) is 36.9 Å². The Morgan fingerprint density at radius 3 is 2.69 bits per heavy atom. The number of nitrogens with zero attached hydrogens (tertiary/aromatic N) is 2. The van der Waals surface area contributed by atoms with E-state index in [1.165, 1.54) is 55.3 Å². The first-order chi connectivity index (χ1) is 12.2. The Labute approximate surface area is 160 Å². The third kappa shape index (κ3) is 5.58. The van der Waals surface area contributed by atoms with Crippen molar-refractivity contribution in [2.24, 2.45) is 5.92 Å². The van der Waals surface area contributed by atoms with Crippen LogP contribution in [0, 0.1) is 5.92 Å². The molecule has 8 nitrogen and oxygen atoms in total. The number of rotatable bonds is 8. The van der Waals surface area contributed by atoms with Crippen LogP contribution in [0.15, 0.2) is 27.4 Å². The molecule has 0 fully saturated rings. The Kier molecular flexibility index (Phi) is 6.84. The van der Waals surface area contributed by atoms with Crippen LogP contribution in [-0.4, -0.2) is 37.4 Å². The molecule has 1 heterocycles. The summed E-state index contributed by atoms with van der Waals surface area (Å²) < 4.78 is 33.4. The van der Waals surface area contributed by atoms with E-state index in [1.807, 2.05) is 0 Å². The van der Waals surface area contributed by atoms with Crippen LogP contribution in [0.5, 0.6) is 5.75 Å². The lowest BCUT2D eigenvalue weighted by atomic mass is 10.3. The highest BCUT2D eigenvalue weighted by atomic mass is 32.2. The lowest BCUT2D eigenvalue weighted by Crippen LogP contribution is -2.14. The number of aromatic nitrogens is 2. The number of hydrogen-bond donors (Lipinski definition) is 2. The van der Waals surface area contributed by atoms with Crippen LogP contribution >= 0.6 is 23.1 Å². The zero-order valence-electron chi connectivity index (χ0n) is 14.8. The van der Waals surface area contributed by atoms with Gasteiger partial charge in [0.15, 0.2) is 4.34 Å². The molecule has 0 aliphatic heterocycles. The summed E-state index contributed by atoms with van der Waals surface area (Å²) in [5.41, 5.74) is 0.272. The predicted molar refractivity (Wildman–Crippen MR) is 104 cm³/mol. The summed E-state index contributed by atoms with van der Waals surface area (Å²) in [5, 5.41) is 10.6. The second kappa shape index (κ2) is 8.69. The fourth-order valence-electron chi connectivity index (χ4n) is 1.86. The van der Waals surface area contributed by atoms with Gasteiger partial charge in [-0.2, -0.15) is 0 Å². The number of benzene rings is 1. The van der Waals surface area contributed by atoms with Gasteiger partial charge in [0.2, 0.25) is 11.0 Å². The van der Waals surface area contributed by atoms with Crippen LogP contribution in [0.3, 0.4) is 0 Å². The first-order valence-electron chi connectivity index (χ1n) is 7.66. The number of carbonyl (C=O) groups is 1. The summed E-state index contributed by atoms with van der Waals surface area (Å²) >= 11 is 2.71. The van der Waals surface area contributed by atoms with Crippen molar-refractivity contribution in [1.82, 2.24) is 10.2 Å². The summed E-state index contributed by atoms with van der Waals surface area (Å²) in [6, 6.07) is 4.20. The summed E-state index contributed by atoms with van der Waals surface area (Å²) in [4.78, 5) is 11.3. The average Bonchev–Trinajstić information content (AvgIpc) is 2.99. The minimum Gasteiger partial charge on any atom is -0.495 e. The monoisotopic (exact) mass is 416 g/mol. The molecule has 0 aliphatic rings. The van der Waals surface area contributed by atoms with E-state index >= 15 is 0 Å². The molecule has 142 valence electrons. The van der Waals surface area contributed by atoms with Gasteiger partial charge >= 0.3 is 0 Å². The maximum Gasteiger partial charge on any atom is 0.263 e. The molecule has 0 spiro atoms. The Bertz CT molecular complexity index is 881. The van der Waals surface area contributed by atoms with Gasteiger partial charge in [0.25, 0.3) is 10.0 Å². The molecule has 2 aromatic rings. The second-order valence-corrected chi connectivity index (χ2v) is 9.65. The maximum absolute atomic E-state index is 12.6. The standard InChI is InChI=1S/C15H20N4O4S3/c1-9(2)8-24-15-18-17-14(25-15)19-26(21,22)11-5-6-13(23-4)12(7-11)16-10(3)20/h5-7,9H,8H2,1-4H3,(H,16,20)(H,17,19). The van der Waals surface area contributed by atoms with E-state index in [1.54, 1.807) is 0 Å². The van der Waals surface area contributed by atoms with Crippen LogP contribution in [-0.2, 0) is 14.8 Å². The summed E-state index contributed by atoms with van der Waals surface area (Å²) in [6.07, 6.45) is 0. The van der Waals surface area contributed by atoms with Crippen LogP contribution < -0.4 is 14.8 Å². The van der Waals surface area contributed by atoms with Crippen molar-refractivity contribution in [3.8, 4) is 5.75 Å². The van der Waals surface area contributed by atoms with E-state index in [2.05, 4.69) is 34.1 Å². The van der Waals surface area contributed by atoms with Crippen LogP contribution in [0.4, 0.5) is 10.8 Å². The van der Waals surface area contributed by atoms with Crippen molar-refractivity contribution in [3.63, 3.8) is 0 Å². The molecular formula is C15H20N4O4S3. The highest BCUT2D eigenvalue weighted by Crippen LogP contribution is 2.31. The molecule has 0 saturated heterocycles. The number of thioether (sulfide) groups is 1. The third-order valence-corrected chi connectivity index (χ3v) is 6.82. The largest absolute Gasteiger partial charge is 0.495 e. The van der Waals surface area contributed by atoms with Crippen molar-refractivity contribution in [3.05, 3.63) is 18.2 Å². The lowest BCUT2D eigenvalue weighted by molar-refractivity contribution is -0.114. The molecule has 0 radical (unpaired) electrons. The van der Waals surface area contributed by atoms with Gasteiger partial charge in [0.05, 0.1) is 17.7 Å². The smallest absolute Gasteiger partial charge is 0.263 e. The van der Waals surface area contributed by atoms with E-state index in [4.69, 9.17) is 4.74 Å². The summed E-state index contributed by atoms with van der Waals surface area (Å²) in [7, 11) is -2.44. The van der Waals surface area contributed by atoms with E-state index in [0.29, 0.717) is 16.0 Å². The number of methoxy groups -OCH3 is 1. The minimum atomic E-state index is -3.87. The maximum atomic E-state index is 12.6. The minimum absolute atomic E-state index is 0.0198. The first kappa shape index (κ1) is 20.5. The van der Waals surface area contributed by atoms with E-state index in [0.717, 1.165) is 5.75 Å². The zero-order valence-corrected chi connectivity index (χ0v) is 17.2. The van der Waals surface area contributed by atoms with Crippen LogP contribution in [0.2, 0.25) is 0 Å². The fourth-order valence-corrected chi connectivity index (χ4v) is 4.85. The van der Waals surface area contributed by atoms with Crippen molar-refractivity contribution in [1.29, 1.82) is 0 Å². The van der Waals surface area contributed by atoms with Gasteiger partial charge in [-0.3, -0.25) is 9.52 Å². The number of hydrogen-bond acceptors (Lipinski definition) is 8. The molecule has 0 saturated carbocycles. The Hall–Kier alpha value is -1.85. The van der Waals surface area contributed by atoms with E-state index < -0.39 is 10.0 Å². The number of ether oxygens (including phenoxy) is 1. The van der Waals surface area contributed by atoms with Crippen LogP contribution in [0.1, 0.15) is 20.8 Å². The molecule has 1 aromatic heterocycles. The predicted octanol–water partition coefficient (Wildman–Crippen LogP) is 3.05. The van der Waals surface area contributed by atoms with Crippen molar-refractivity contribution in [2.75, 3.05) is 22.9 Å². The molecule has 26 heavy (non-hydrogen) atoms. The van der Waals surface area contributed by atoms with E-state index in [9.17, 15) is 13.2 Å². The van der Waals surface area contributed by atoms with Gasteiger partial charge in [0.1, 0.15) is 5.75 Å². The second-order valence-electron chi connectivity index (χ2n) is 5.73. The molecule has 2 rings (SSSR count). The molecular weight excluding hydrogens is 396 g/mol. The molecule has 0 atom stereocenters. The summed E-state index contributed by atoms with van der Waals surface area (Å²) in [5.74, 6) is 1.40. The summed E-state index contributed by atoms with van der Waals surface area (Å²) in [6.45, 7) is 5.51. The van der Waals surface area contributed by atoms with Crippen LogP contribution in [0.25, 0.3) is 0 Å².